The van der Waals surface area contributed by atoms with Crippen LogP contribution in [0.2, 0.25) is 0 Å². The third-order valence-corrected chi connectivity index (χ3v) is 4.17. The maximum Gasteiger partial charge on any atom is 0.411 e. The zero-order valence-corrected chi connectivity index (χ0v) is 19.5. The molecule has 168 valence electrons. The number of hydrogen-bond donors (Lipinski definition) is 3. The van der Waals surface area contributed by atoms with Gasteiger partial charge in [0.1, 0.15) is 6.61 Å². The van der Waals surface area contributed by atoms with Crippen molar-refractivity contribution in [3.63, 3.8) is 0 Å². The van der Waals surface area contributed by atoms with E-state index in [1.807, 2.05) is 32.2 Å². The molecule has 2 rings (SSSR count). The van der Waals surface area contributed by atoms with Crippen LogP contribution in [0.1, 0.15) is 35.7 Å². The number of hydrogen-bond acceptors (Lipinski definition) is 3. The predicted octanol–water partition coefficient (Wildman–Crippen LogP) is 4.10. The topological polar surface area (TPSA) is 74.3 Å². The van der Waals surface area contributed by atoms with Gasteiger partial charge in [-0.3, -0.25) is 5.10 Å². The number of halogens is 4. The summed E-state index contributed by atoms with van der Waals surface area (Å²) in [5.41, 5.74) is 3.98. The number of alkyl halides is 3. The van der Waals surface area contributed by atoms with Crippen molar-refractivity contribution in [2.24, 2.45) is 4.99 Å². The van der Waals surface area contributed by atoms with E-state index in [2.05, 4.69) is 30.6 Å². The number of aryl methyl sites for hydroxylation is 2. The van der Waals surface area contributed by atoms with Gasteiger partial charge >= 0.3 is 6.18 Å². The summed E-state index contributed by atoms with van der Waals surface area (Å²) in [6.45, 7) is 4.71. The molecule has 1 aromatic carbocycles. The second-order valence-corrected chi connectivity index (χ2v) is 6.67. The van der Waals surface area contributed by atoms with Crippen molar-refractivity contribution in [2.75, 3.05) is 19.7 Å². The Balaban J connectivity index is 0.00000450. The summed E-state index contributed by atoms with van der Waals surface area (Å²) in [7, 11) is 0. The Morgan fingerprint density at radius 1 is 1.17 bits per heavy atom. The van der Waals surface area contributed by atoms with Gasteiger partial charge in [0.2, 0.25) is 0 Å². The number of aromatic nitrogens is 2. The Morgan fingerprint density at radius 2 is 1.87 bits per heavy atom. The molecule has 0 amide bonds. The summed E-state index contributed by atoms with van der Waals surface area (Å²) in [6, 6.07) is 7.21. The van der Waals surface area contributed by atoms with Gasteiger partial charge in [-0.1, -0.05) is 24.3 Å². The molecule has 1 aromatic heterocycles. The van der Waals surface area contributed by atoms with E-state index < -0.39 is 12.8 Å². The van der Waals surface area contributed by atoms with Crippen LogP contribution in [0, 0.1) is 6.92 Å². The van der Waals surface area contributed by atoms with Crippen LogP contribution in [0.15, 0.2) is 35.5 Å². The first-order valence-corrected chi connectivity index (χ1v) is 9.60. The molecule has 0 radical (unpaired) electrons. The highest BCUT2D eigenvalue weighted by atomic mass is 127. The molecule has 0 spiro atoms. The van der Waals surface area contributed by atoms with Crippen molar-refractivity contribution in [1.82, 2.24) is 20.8 Å². The van der Waals surface area contributed by atoms with Gasteiger partial charge in [0.25, 0.3) is 0 Å². The fourth-order valence-electron chi connectivity index (χ4n) is 2.65. The fourth-order valence-corrected chi connectivity index (χ4v) is 2.65. The average molecular weight is 539 g/mol. The molecule has 0 fully saturated rings. The highest BCUT2D eigenvalue weighted by Crippen LogP contribution is 2.16. The Hall–Kier alpha value is -1.82. The normalized spacial score (nSPS) is 11.8. The van der Waals surface area contributed by atoms with E-state index in [1.165, 1.54) is 5.56 Å². The number of aliphatic imine (C=N–C) groups is 1. The smallest absolute Gasteiger partial charge is 0.367 e. The Bertz CT molecular complexity index is 763. The number of benzene rings is 1. The second-order valence-electron chi connectivity index (χ2n) is 6.67. The molecule has 0 saturated carbocycles. The molecular weight excluding hydrogens is 510 g/mol. The molecule has 10 heteroatoms. The Morgan fingerprint density at radius 3 is 2.47 bits per heavy atom. The third-order valence-electron chi connectivity index (χ3n) is 4.17. The number of guanidine groups is 1. The maximum atomic E-state index is 12.1. The van der Waals surface area contributed by atoms with Crippen LogP contribution in [0.4, 0.5) is 13.2 Å². The largest absolute Gasteiger partial charge is 0.411 e. The number of nitrogens with one attached hydrogen (secondary N) is 3. The van der Waals surface area contributed by atoms with Gasteiger partial charge < -0.3 is 15.4 Å². The molecule has 0 aliphatic rings. The number of H-pyrrole nitrogens is 1. The molecule has 6 nitrogen and oxygen atoms in total. The number of aromatic amines is 1. The van der Waals surface area contributed by atoms with E-state index in [0.717, 1.165) is 43.1 Å². The van der Waals surface area contributed by atoms with E-state index in [4.69, 9.17) is 0 Å². The molecule has 0 aliphatic heterocycles. The van der Waals surface area contributed by atoms with Crippen LogP contribution in [-0.2, 0) is 24.3 Å². The summed E-state index contributed by atoms with van der Waals surface area (Å²) in [4.78, 5) is 4.56. The van der Waals surface area contributed by atoms with Gasteiger partial charge in [0.15, 0.2) is 5.96 Å². The molecule has 3 N–H and O–H groups in total. The van der Waals surface area contributed by atoms with Gasteiger partial charge in [0, 0.05) is 18.8 Å². The summed E-state index contributed by atoms with van der Waals surface area (Å²) in [6.07, 6.45) is -0.557. The van der Waals surface area contributed by atoms with E-state index >= 15 is 0 Å². The molecule has 30 heavy (non-hydrogen) atoms. The summed E-state index contributed by atoms with van der Waals surface area (Å²) >= 11 is 0. The number of rotatable bonds is 10. The first-order valence-electron chi connectivity index (χ1n) is 9.60. The van der Waals surface area contributed by atoms with Crippen LogP contribution >= 0.6 is 24.0 Å². The Kier molecular flexibility index (Phi) is 11.8. The number of ether oxygens (including phenoxy) is 1. The van der Waals surface area contributed by atoms with Gasteiger partial charge in [0.05, 0.1) is 19.3 Å². The summed E-state index contributed by atoms with van der Waals surface area (Å²) in [5.74, 6) is 0.731. The molecular formula is C20H29F3IN5O. The first-order chi connectivity index (χ1) is 13.9. The number of nitrogens with zero attached hydrogens (tertiary/aromatic N) is 2. The van der Waals surface area contributed by atoms with E-state index in [-0.39, 0.29) is 30.6 Å². The highest BCUT2D eigenvalue weighted by molar-refractivity contribution is 14.0. The van der Waals surface area contributed by atoms with E-state index in [9.17, 15) is 13.2 Å². The van der Waals surface area contributed by atoms with Crippen molar-refractivity contribution in [3.05, 3.63) is 52.8 Å². The van der Waals surface area contributed by atoms with Crippen LogP contribution in [0.25, 0.3) is 0 Å². The molecule has 0 unspecified atom stereocenters. The molecule has 0 saturated heterocycles. The van der Waals surface area contributed by atoms with Gasteiger partial charge in [-0.25, -0.2) is 4.99 Å². The van der Waals surface area contributed by atoms with Crippen LogP contribution < -0.4 is 10.6 Å². The lowest BCUT2D eigenvalue weighted by atomic mass is 10.1. The minimum atomic E-state index is -4.30. The van der Waals surface area contributed by atoms with Crippen LogP contribution in [0.3, 0.4) is 0 Å². The van der Waals surface area contributed by atoms with Crippen LogP contribution in [0.5, 0.6) is 0 Å². The van der Waals surface area contributed by atoms with Crippen LogP contribution in [-0.4, -0.2) is 42.0 Å². The highest BCUT2D eigenvalue weighted by Gasteiger charge is 2.27. The van der Waals surface area contributed by atoms with Gasteiger partial charge in [-0.2, -0.15) is 18.3 Å². The van der Waals surface area contributed by atoms with E-state index in [1.54, 1.807) is 12.1 Å². The van der Waals surface area contributed by atoms with Crippen molar-refractivity contribution in [3.8, 4) is 0 Å². The predicted molar refractivity (Wildman–Crippen MR) is 122 cm³/mol. The van der Waals surface area contributed by atoms with Crippen molar-refractivity contribution < 1.29 is 17.9 Å². The summed E-state index contributed by atoms with van der Waals surface area (Å²) in [5, 5.41) is 13.5. The quantitative estimate of drug-likeness (QED) is 0.184. The zero-order valence-electron chi connectivity index (χ0n) is 17.2. The van der Waals surface area contributed by atoms with E-state index in [0.29, 0.717) is 12.1 Å². The monoisotopic (exact) mass is 539 g/mol. The van der Waals surface area contributed by atoms with Crippen molar-refractivity contribution in [2.45, 2.75) is 46.0 Å². The maximum absolute atomic E-state index is 12.1. The average Bonchev–Trinajstić information content (AvgIpc) is 3.08. The SMILES string of the molecule is CCNC(=NCc1ccc(COCC(F)(F)F)cc1)NCCCc1cn[nH]c1C.I. The zero-order chi connectivity index (χ0) is 21.1. The lowest BCUT2D eigenvalue weighted by Crippen LogP contribution is -2.37. The lowest BCUT2D eigenvalue weighted by molar-refractivity contribution is -0.176. The molecule has 0 bridgehead atoms. The third kappa shape index (κ3) is 10.3. The minimum absolute atomic E-state index is 0. The second kappa shape index (κ2) is 13.5. The van der Waals surface area contributed by atoms with Crippen molar-refractivity contribution in [1.29, 1.82) is 0 Å². The Labute approximate surface area is 192 Å². The summed E-state index contributed by atoms with van der Waals surface area (Å²) < 4.78 is 41.0. The molecule has 1 heterocycles. The molecule has 0 atom stereocenters. The van der Waals surface area contributed by atoms with Gasteiger partial charge in [-0.15, -0.1) is 24.0 Å². The van der Waals surface area contributed by atoms with Crippen molar-refractivity contribution >= 4 is 29.9 Å². The fraction of sp³-hybridized carbons (Fsp3) is 0.500. The van der Waals surface area contributed by atoms with Gasteiger partial charge in [-0.05, 0) is 43.4 Å². The first kappa shape index (κ1) is 26.2. The minimum Gasteiger partial charge on any atom is -0.367 e. The molecule has 2 aromatic rings. The standard InChI is InChI=1S/C20H28F3N5O.HI/c1-3-24-19(25-10-4-5-18-12-27-28-15(18)2)26-11-16-6-8-17(9-7-16)13-29-14-20(21,22)23;/h6-9,12H,3-5,10-11,13-14H2,1-2H3,(H,27,28)(H2,24,25,26);1H. The lowest BCUT2D eigenvalue weighted by Gasteiger charge is -2.11. The molecule has 0 aliphatic carbocycles.